The summed E-state index contributed by atoms with van der Waals surface area (Å²) in [5, 5.41) is 0. The van der Waals surface area contributed by atoms with Crippen LogP contribution in [0.25, 0.3) is 0 Å². The maximum absolute atomic E-state index is 13.3. The standard InChI is InChI=1S/C17H27NO4S2/c1-12(2)10-18(16-6-7-23(19,20)11-16)24(21,22)17-14(4)8-13(3)9-15(17)5/h8-9,12,16H,6-7,10-11H2,1-5H3/t16-/m0/s1. The molecule has 0 amide bonds. The molecule has 1 fully saturated rings. The van der Waals surface area contributed by atoms with Crippen molar-refractivity contribution in [3.63, 3.8) is 0 Å². The number of sulfonamides is 1. The molecular formula is C17H27NO4S2. The summed E-state index contributed by atoms with van der Waals surface area (Å²) in [6, 6.07) is 3.25. The number of hydrogen-bond donors (Lipinski definition) is 0. The van der Waals surface area contributed by atoms with Gasteiger partial charge in [0.05, 0.1) is 16.4 Å². The van der Waals surface area contributed by atoms with Crippen LogP contribution in [0.15, 0.2) is 17.0 Å². The van der Waals surface area contributed by atoms with E-state index in [-0.39, 0.29) is 17.4 Å². The number of hydrogen-bond acceptors (Lipinski definition) is 4. The van der Waals surface area contributed by atoms with Crippen LogP contribution < -0.4 is 0 Å². The van der Waals surface area contributed by atoms with Gasteiger partial charge in [-0.3, -0.25) is 0 Å². The van der Waals surface area contributed by atoms with Crippen LogP contribution in [0.3, 0.4) is 0 Å². The highest BCUT2D eigenvalue weighted by Crippen LogP contribution is 2.30. The number of rotatable bonds is 5. The Hall–Kier alpha value is -0.920. The molecule has 0 saturated carbocycles. The first kappa shape index (κ1) is 19.4. The fourth-order valence-electron chi connectivity index (χ4n) is 3.50. The van der Waals surface area contributed by atoms with Gasteiger partial charge < -0.3 is 0 Å². The summed E-state index contributed by atoms with van der Waals surface area (Å²) in [4.78, 5) is 0.318. The smallest absolute Gasteiger partial charge is 0.229 e. The molecule has 1 aliphatic rings. The Morgan fingerprint density at radius 2 is 1.71 bits per heavy atom. The predicted molar refractivity (Wildman–Crippen MR) is 96.4 cm³/mol. The summed E-state index contributed by atoms with van der Waals surface area (Å²) >= 11 is 0. The molecule has 0 aromatic heterocycles. The highest BCUT2D eigenvalue weighted by Gasteiger charge is 2.39. The second kappa shape index (κ2) is 6.77. The average molecular weight is 374 g/mol. The molecule has 1 atom stereocenters. The lowest BCUT2D eigenvalue weighted by Gasteiger charge is -2.30. The number of nitrogens with zero attached hydrogens (tertiary/aromatic N) is 1. The Bertz CT molecular complexity index is 803. The van der Waals surface area contributed by atoms with Crippen LogP contribution in [-0.2, 0) is 19.9 Å². The molecule has 0 spiro atoms. The fraction of sp³-hybridized carbons (Fsp3) is 0.647. The van der Waals surface area contributed by atoms with Gasteiger partial charge in [0.2, 0.25) is 10.0 Å². The second-order valence-electron chi connectivity index (χ2n) is 7.25. The quantitative estimate of drug-likeness (QED) is 0.795. The normalized spacial score (nSPS) is 20.9. The molecule has 1 aliphatic heterocycles. The zero-order chi connectivity index (χ0) is 18.3. The molecule has 0 aliphatic carbocycles. The SMILES string of the molecule is Cc1cc(C)c(S(=O)(=O)N(CC(C)C)[C@H]2CCS(=O)(=O)C2)c(C)c1. The molecule has 0 N–H and O–H groups in total. The molecule has 1 heterocycles. The minimum atomic E-state index is -3.74. The van der Waals surface area contributed by atoms with E-state index < -0.39 is 25.9 Å². The Morgan fingerprint density at radius 3 is 2.12 bits per heavy atom. The second-order valence-corrected chi connectivity index (χ2v) is 11.3. The lowest BCUT2D eigenvalue weighted by Crippen LogP contribution is -2.43. The maximum Gasteiger partial charge on any atom is 0.243 e. The molecule has 0 bridgehead atoms. The molecule has 0 unspecified atom stereocenters. The number of aryl methyl sites for hydroxylation is 3. The van der Waals surface area contributed by atoms with Crippen molar-refractivity contribution in [2.75, 3.05) is 18.1 Å². The van der Waals surface area contributed by atoms with Crippen molar-refractivity contribution >= 4 is 19.9 Å². The van der Waals surface area contributed by atoms with Crippen LogP contribution in [0, 0.1) is 26.7 Å². The van der Waals surface area contributed by atoms with E-state index in [0.717, 1.165) is 5.56 Å². The van der Waals surface area contributed by atoms with E-state index in [4.69, 9.17) is 0 Å². The third-order valence-corrected chi connectivity index (χ3v) is 8.31. The number of benzene rings is 1. The predicted octanol–water partition coefficient (Wildman–Crippen LogP) is 2.45. The molecule has 1 aromatic rings. The lowest BCUT2D eigenvalue weighted by molar-refractivity contribution is 0.307. The topological polar surface area (TPSA) is 71.5 Å². The Balaban J connectivity index is 2.53. The van der Waals surface area contributed by atoms with Gasteiger partial charge in [-0.15, -0.1) is 0 Å². The summed E-state index contributed by atoms with van der Waals surface area (Å²) in [7, 11) is -6.89. The molecule has 0 radical (unpaired) electrons. The number of sulfone groups is 1. The average Bonchev–Trinajstić information content (AvgIpc) is 2.74. The van der Waals surface area contributed by atoms with Crippen molar-refractivity contribution in [3.8, 4) is 0 Å². The minimum Gasteiger partial charge on any atom is -0.229 e. The van der Waals surface area contributed by atoms with Gasteiger partial charge in [0.25, 0.3) is 0 Å². The summed E-state index contributed by atoms with van der Waals surface area (Å²) in [6.45, 7) is 9.75. The van der Waals surface area contributed by atoms with E-state index in [0.29, 0.717) is 29.0 Å². The van der Waals surface area contributed by atoms with Crippen molar-refractivity contribution in [2.24, 2.45) is 5.92 Å². The van der Waals surface area contributed by atoms with Gasteiger partial charge >= 0.3 is 0 Å². The molecule has 24 heavy (non-hydrogen) atoms. The molecule has 7 heteroatoms. The fourth-order valence-corrected chi connectivity index (χ4v) is 7.55. The van der Waals surface area contributed by atoms with Crippen molar-refractivity contribution < 1.29 is 16.8 Å². The highest BCUT2D eigenvalue weighted by atomic mass is 32.2. The largest absolute Gasteiger partial charge is 0.243 e. The summed E-state index contributed by atoms with van der Waals surface area (Å²) in [6.07, 6.45) is 0.373. The van der Waals surface area contributed by atoms with Gasteiger partial charge in [-0.25, -0.2) is 16.8 Å². The van der Waals surface area contributed by atoms with Crippen molar-refractivity contribution in [1.82, 2.24) is 4.31 Å². The van der Waals surface area contributed by atoms with Gasteiger partial charge in [-0.05, 0) is 44.2 Å². The van der Waals surface area contributed by atoms with Gasteiger partial charge in [-0.2, -0.15) is 4.31 Å². The highest BCUT2D eigenvalue weighted by molar-refractivity contribution is 7.92. The van der Waals surface area contributed by atoms with Gasteiger partial charge in [0, 0.05) is 12.6 Å². The monoisotopic (exact) mass is 373 g/mol. The van der Waals surface area contributed by atoms with Gasteiger partial charge in [-0.1, -0.05) is 31.5 Å². The van der Waals surface area contributed by atoms with E-state index in [1.54, 1.807) is 13.8 Å². The maximum atomic E-state index is 13.3. The van der Waals surface area contributed by atoms with Crippen molar-refractivity contribution in [2.45, 2.75) is 52.0 Å². The summed E-state index contributed by atoms with van der Waals surface area (Å²) in [5.74, 6) is 0.102. The van der Waals surface area contributed by atoms with E-state index in [1.165, 1.54) is 4.31 Å². The molecule has 1 aromatic carbocycles. The lowest BCUT2D eigenvalue weighted by atomic mass is 10.1. The van der Waals surface area contributed by atoms with E-state index in [2.05, 4.69) is 0 Å². The Labute approximate surface area is 146 Å². The summed E-state index contributed by atoms with van der Waals surface area (Å²) in [5.41, 5.74) is 2.44. The van der Waals surface area contributed by atoms with Crippen molar-refractivity contribution in [1.29, 1.82) is 0 Å². The van der Waals surface area contributed by atoms with Gasteiger partial charge in [0.1, 0.15) is 0 Å². The third kappa shape index (κ3) is 4.00. The molecule has 2 rings (SSSR count). The van der Waals surface area contributed by atoms with Crippen molar-refractivity contribution in [3.05, 3.63) is 28.8 Å². The molecule has 1 saturated heterocycles. The van der Waals surface area contributed by atoms with E-state index >= 15 is 0 Å². The molecular weight excluding hydrogens is 346 g/mol. The van der Waals surface area contributed by atoms with Crippen LogP contribution in [-0.4, -0.2) is 45.2 Å². The zero-order valence-corrected chi connectivity index (χ0v) is 16.7. The van der Waals surface area contributed by atoms with Crippen LogP contribution in [0.4, 0.5) is 0 Å². The van der Waals surface area contributed by atoms with E-state index in [1.807, 2.05) is 32.9 Å². The zero-order valence-electron chi connectivity index (χ0n) is 15.0. The Kier molecular flexibility index (Phi) is 5.47. The first-order valence-corrected chi connectivity index (χ1v) is 11.5. The van der Waals surface area contributed by atoms with Crippen LogP contribution in [0.5, 0.6) is 0 Å². The van der Waals surface area contributed by atoms with Crippen LogP contribution >= 0.6 is 0 Å². The molecule has 136 valence electrons. The van der Waals surface area contributed by atoms with Crippen LogP contribution in [0.1, 0.15) is 37.0 Å². The minimum absolute atomic E-state index is 0.0631. The Morgan fingerprint density at radius 1 is 1.17 bits per heavy atom. The first-order valence-electron chi connectivity index (χ1n) is 8.24. The first-order chi connectivity index (χ1) is 10.9. The molecule has 5 nitrogen and oxygen atoms in total. The van der Waals surface area contributed by atoms with Gasteiger partial charge in [0.15, 0.2) is 9.84 Å². The third-order valence-electron chi connectivity index (χ3n) is 4.33. The van der Waals surface area contributed by atoms with E-state index in [9.17, 15) is 16.8 Å². The van der Waals surface area contributed by atoms with Crippen LogP contribution in [0.2, 0.25) is 0 Å². The summed E-state index contributed by atoms with van der Waals surface area (Å²) < 4.78 is 51.8.